The lowest BCUT2D eigenvalue weighted by Crippen LogP contribution is -2.63. The minimum absolute atomic E-state index is 0.115. The second-order valence-electron chi connectivity index (χ2n) is 7.94. The molecule has 148 valence electrons. The Hall–Kier alpha value is -1.56. The number of nitrogens with zero attached hydrogens (tertiary/aromatic N) is 3. The molecule has 0 spiro atoms. The van der Waals surface area contributed by atoms with Gasteiger partial charge in [-0.15, -0.1) is 0 Å². The van der Waals surface area contributed by atoms with E-state index >= 15 is 0 Å². The Morgan fingerprint density at radius 3 is 2.62 bits per heavy atom. The highest BCUT2D eigenvalue weighted by atomic mass is 16.5. The fraction of sp³-hybridized carbons (Fsp3) is 0.800. The number of aromatic nitrogens is 2. The van der Waals surface area contributed by atoms with E-state index in [-0.39, 0.29) is 5.41 Å². The lowest BCUT2D eigenvalue weighted by molar-refractivity contribution is -0.113. The van der Waals surface area contributed by atoms with Crippen LogP contribution in [0.2, 0.25) is 0 Å². The predicted molar refractivity (Wildman–Crippen MR) is 107 cm³/mol. The topological polar surface area (TPSA) is 63.5 Å². The van der Waals surface area contributed by atoms with Gasteiger partial charge in [0.1, 0.15) is 0 Å². The summed E-state index contributed by atoms with van der Waals surface area (Å²) in [5.41, 5.74) is 3.55. The van der Waals surface area contributed by atoms with Crippen LogP contribution in [-0.4, -0.2) is 41.0 Å². The number of hydrogen-bond acceptors (Lipinski definition) is 3. The van der Waals surface area contributed by atoms with Gasteiger partial charge in [0.05, 0.1) is 18.3 Å². The molecule has 26 heavy (non-hydrogen) atoms. The molecule has 1 heterocycles. The second-order valence-corrected chi connectivity index (χ2v) is 7.94. The summed E-state index contributed by atoms with van der Waals surface area (Å²) in [6, 6.07) is 0.378. The van der Waals surface area contributed by atoms with Gasteiger partial charge in [0, 0.05) is 42.9 Å². The summed E-state index contributed by atoms with van der Waals surface area (Å²) < 4.78 is 7.98. The summed E-state index contributed by atoms with van der Waals surface area (Å²) in [5.74, 6) is 0.875. The molecular formula is C20H37N5O. The van der Waals surface area contributed by atoms with Gasteiger partial charge in [-0.2, -0.15) is 5.10 Å². The maximum Gasteiger partial charge on any atom is 0.191 e. The molecule has 1 fully saturated rings. The minimum atomic E-state index is 0.115. The lowest BCUT2D eigenvalue weighted by atomic mass is 9.64. The Morgan fingerprint density at radius 1 is 1.35 bits per heavy atom. The largest absolute Gasteiger partial charge is 0.378 e. The third kappa shape index (κ3) is 4.58. The number of unbranched alkanes of at least 4 members (excludes halogenated alkanes) is 1. The summed E-state index contributed by atoms with van der Waals surface area (Å²) in [6.07, 6.45) is 3.68. The first-order chi connectivity index (χ1) is 12.3. The average Bonchev–Trinajstić information content (AvgIpc) is 2.83. The van der Waals surface area contributed by atoms with Crippen LogP contribution in [0.3, 0.4) is 0 Å². The number of aliphatic imine (C=N–C) groups is 1. The number of nitrogens with one attached hydrogen (secondary N) is 2. The normalized spacial score (nSPS) is 22.2. The SMILES string of the molecule is CCCCOC1CC(NC(=NCc2c(C)nn(C)c2C)NCC)C1(C)C. The van der Waals surface area contributed by atoms with Crippen molar-refractivity contribution in [2.24, 2.45) is 17.5 Å². The standard InChI is InChI=1S/C20H37N5O/c1-8-10-11-26-18-12-17(20(18,5)6)23-19(21-9-2)22-13-16-14(3)24-25(7)15(16)4/h17-18H,8-13H2,1-7H3,(H2,21,22,23). The van der Waals surface area contributed by atoms with Crippen molar-refractivity contribution >= 4 is 5.96 Å². The van der Waals surface area contributed by atoms with E-state index in [1.165, 1.54) is 17.7 Å². The van der Waals surface area contributed by atoms with Gasteiger partial charge in [-0.05, 0) is 33.6 Å². The summed E-state index contributed by atoms with van der Waals surface area (Å²) in [7, 11) is 1.98. The Morgan fingerprint density at radius 2 is 2.08 bits per heavy atom. The summed E-state index contributed by atoms with van der Waals surface area (Å²) >= 11 is 0. The summed E-state index contributed by atoms with van der Waals surface area (Å²) in [5, 5.41) is 11.5. The fourth-order valence-corrected chi connectivity index (χ4v) is 3.47. The van der Waals surface area contributed by atoms with Crippen LogP contribution in [0.15, 0.2) is 4.99 Å². The molecule has 1 aromatic heterocycles. The average molecular weight is 364 g/mol. The van der Waals surface area contributed by atoms with Gasteiger partial charge >= 0.3 is 0 Å². The number of ether oxygens (including phenoxy) is 1. The van der Waals surface area contributed by atoms with Crippen LogP contribution in [0.5, 0.6) is 0 Å². The Bertz CT molecular complexity index is 620. The molecule has 0 saturated heterocycles. The third-order valence-electron chi connectivity index (χ3n) is 5.70. The molecule has 0 aromatic carbocycles. The van der Waals surface area contributed by atoms with Crippen molar-refractivity contribution in [1.29, 1.82) is 0 Å². The van der Waals surface area contributed by atoms with Crippen LogP contribution >= 0.6 is 0 Å². The van der Waals surface area contributed by atoms with Crippen molar-refractivity contribution < 1.29 is 4.74 Å². The molecule has 0 radical (unpaired) electrons. The second kappa shape index (κ2) is 8.89. The molecule has 6 nitrogen and oxygen atoms in total. The van der Waals surface area contributed by atoms with Crippen molar-refractivity contribution in [2.75, 3.05) is 13.2 Å². The van der Waals surface area contributed by atoms with Gasteiger partial charge in [-0.25, -0.2) is 4.99 Å². The van der Waals surface area contributed by atoms with Gasteiger partial charge in [0.25, 0.3) is 0 Å². The zero-order valence-corrected chi connectivity index (χ0v) is 17.6. The van der Waals surface area contributed by atoms with Crippen molar-refractivity contribution in [3.8, 4) is 0 Å². The van der Waals surface area contributed by atoms with Gasteiger partial charge in [0.2, 0.25) is 0 Å². The van der Waals surface area contributed by atoms with E-state index in [1.807, 2.05) is 18.7 Å². The lowest BCUT2D eigenvalue weighted by Gasteiger charge is -2.52. The summed E-state index contributed by atoms with van der Waals surface area (Å²) in [6.45, 7) is 15.4. The van der Waals surface area contributed by atoms with E-state index in [2.05, 4.69) is 50.4 Å². The zero-order chi connectivity index (χ0) is 19.3. The van der Waals surface area contributed by atoms with Crippen LogP contribution in [0, 0.1) is 19.3 Å². The Balaban J connectivity index is 1.98. The molecule has 2 rings (SSSR count). The first-order valence-corrected chi connectivity index (χ1v) is 9.96. The van der Waals surface area contributed by atoms with Crippen LogP contribution in [0.4, 0.5) is 0 Å². The third-order valence-corrected chi connectivity index (χ3v) is 5.70. The zero-order valence-electron chi connectivity index (χ0n) is 17.6. The van der Waals surface area contributed by atoms with E-state index in [9.17, 15) is 0 Å². The first kappa shape index (κ1) is 20.7. The quantitative estimate of drug-likeness (QED) is 0.423. The van der Waals surface area contributed by atoms with E-state index in [0.717, 1.165) is 37.6 Å². The van der Waals surface area contributed by atoms with E-state index in [0.29, 0.717) is 18.7 Å². The van der Waals surface area contributed by atoms with E-state index < -0.39 is 0 Å². The molecule has 1 aliphatic carbocycles. The van der Waals surface area contributed by atoms with E-state index in [4.69, 9.17) is 9.73 Å². The molecule has 2 N–H and O–H groups in total. The van der Waals surface area contributed by atoms with Crippen LogP contribution < -0.4 is 10.6 Å². The van der Waals surface area contributed by atoms with Crippen LogP contribution in [0.25, 0.3) is 0 Å². The molecule has 2 atom stereocenters. The predicted octanol–water partition coefficient (Wildman–Crippen LogP) is 3.08. The van der Waals surface area contributed by atoms with Crippen LogP contribution in [-0.2, 0) is 18.3 Å². The maximum absolute atomic E-state index is 6.06. The van der Waals surface area contributed by atoms with Crippen molar-refractivity contribution in [2.45, 2.75) is 79.5 Å². The molecule has 2 unspecified atom stereocenters. The highest BCUT2D eigenvalue weighted by molar-refractivity contribution is 5.80. The van der Waals surface area contributed by atoms with E-state index in [1.54, 1.807) is 0 Å². The molecule has 6 heteroatoms. The number of aryl methyl sites for hydroxylation is 2. The molecule has 0 bridgehead atoms. The van der Waals surface area contributed by atoms with Gasteiger partial charge in [-0.3, -0.25) is 4.68 Å². The number of guanidine groups is 1. The van der Waals surface area contributed by atoms with Gasteiger partial charge in [-0.1, -0.05) is 27.2 Å². The fourth-order valence-electron chi connectivity index (χ4n) is 3.47. The molecule has 1 saturated carbocycles. The molecule has 0 amide bonds. The highest BCUT2D eigenvalue weighted by Crippen LogP contribution is 2.42. The number of hydrogen-bond donors (Lipinski definition) is 2. The highest BCUT2D eigenvalue weighted by Gasteiger charge is 2.49. The Labute approximate surface area is 158 Å². The first-order valence-electron chi connectivity index (χ1n) is 9.96. The minimum Gasteiger partial charge on any atom is -0.378 e. The van der Waals surface area contributed by atoms with Gasteiger partial charge < -0.3 is 15.4 Å². The van der Waals surface area contributed by atoms with Gasteiger partial charge in [0.15, 0.2) is 5.96 Å². The van der Waals surface area contributed by atoms with Crippen LogP contribution in [0.1, 0.15) is 63.9 Å². The smallest absolute Gasteiger partial charge is 0.191 e. The molecular weight excluding hydrogens is 326 g/mol. The molecule has 1 aromatic rings. The van der Waals surface area contributed by atoms with Crippen molar-refractivity contribution in [3.63, 3.8) is 0 Å². The molecule has 0 aliphatic heterocycles. The van der Waals surface area contributed by atoms with Crippen molar-refractivity contribution in [1.82, 2.24) is 20.4 Å². The molecule has 1 aliphatic rings. The maximum atomic E-state index is 6.06. The monoisotopic (exact) mass is 363 g/mol. The Kier molecular flexibility index (Phi) is 7.09. The van der Waals surface area contributed by atoms with Crippen molar-refractivity contribution in [3.05, 3.63) is 17.0 Å². The summed E-state index contributed by atoms with van der Waals surface area (Å²) in [4.78, 5) is 4.81. The number of rotatable bonds is 8.